The first-order valence-electron chi connectivity index (χ1n) is 8.42. The molecule has 1 aliphatic rings. The van der Waals surface area contributed by atoms with Gasteiger partial charge in [0.15, 0.2) is 0 Å². The van der Waals surface area contributed by atoms with Gasteiger partial charge in [0.1, 0.15) is 16.9 Å². The van der Waals surface area contributed by atoms with E-state index in [0.29, 0.717) is 24.1 Å². The van der Waals surface area contributed by atoms with Gasteiger partial charge in [0.05, 0.1) is 23.1 Å². The minimum atomic E-state index is -0.538. The zero-order valence-corrected chi connectivity index (χ0v) is 15.4. The number of carbonyl (C=O) groups is 1. The number of hydrogen-bond acceptors (Lipinski definition) is 4. The zero-order chi connectivity index (χ0) is 18.2. The van der Waals surface area contributed by atoms with Crippen LogP contribution in [-0.2, 0) is 11.3 Å². The molecular weight excluding hydrogens is 347 g/mol. The number of piperidine rings is 1. The Kier molecular flexibility index (Phi) is 4.86. The van der Waals surface area contributed by atoms with Gasteiger partial charge in [0.25, 0.3) is 0 Å². The minimum Gasteiger partial charge on any atom is -0.444 e. The van der Waals surface area contributed by atoms with Gasteiger partial charge in [-0.05, 0) is 46.1 Å². The highest BCUT2D eigenvalue weighted by Crippen LogP contribution is 2.25. The zero-order valence-electron chi connectivity index (χ0n) is 14.6. The number of carbonyl (C=O) groups excluding carboxylic acids is 1. The number of halogens is 2. The van der Waals surface area contributed by atoms with E-state index >= 15 is 0 Å². The Labute approximate surface area is 150 Å². The molecule has 1 aromatic carbocycles. The summed E-state index contributed by atoms with van der Waals surface area (Å²) in [6, 6.07) is 2.75. The second kappa shape index (κ2) is 6.78. The summed E-state index contributed by atoms with van der Waals surface area (Å²) in [5, 5.41) is 8.13. The van der Waals surface area contributed by atoms with Gasteiger partial charge in [-0.3, -0.25) is 0 Å². The number of hydrogen-bond donors (Lipinski definition) is 0. The number of amides is 1. The molecule has 1 saturated heterocycles. The maximum atomic E-state index is 13.6. The highest BCUT2D eigenvalue weighted by molar-refractivity contribution is 6.31. The summed E-state index contributed by atoms with van der Waals surface area (Å²) < 4.78 is 20.8. The smallest absolute Gasteiger partial charge is 0.410 e. The van der Waals surface area contributed by atoms with E-state index in [-0.39, 0.29) is 17.2 Å². The highest BCUT2D eigenvalue weighted by atomic mass is 35.5. The van der Waals surface area contributed by atoms with Gasteiger partial charge in [0, 0.05) is 12.6 Å². The second-order valence-electron chi connectivity index (χ2n) is 7.35. The lowest BCUT2D eigenvalue weighted by Gasteiger charge is -2.36. The Morgan fingerprint density at radius 2 is 2.16 bits per heavy atom. The summed E-state index contributed by atoms with van der Waals surface area (Å²) >= 11 is 5.88. The molecular formula is C17H22ClFN4O2. The largest absolute Gasteiger partial charge is 0.444 e. The summed E-state index contributed by atoms with van der Waals surface area (Å²) in [4.78, 5) is 14.3. The molecule has 1 fully saturated rings. The predicted octanol–water partition coefficient (Wildman–Crippen LogP) is 4.01. The standard InChI is InChI=1S/C17H22ClFN4O2/c1-17(2,3)25-16(24)22-7-5-4-6-11(22)10-23-15-8-12(18)13(19)9-14(15)20-21-23/h8-9,11H,4-7,10H2,1-3H3. The van der Waals surface area contributed by atoms with E-state index in [0.717, 1.165) is 19.3 Å². The van der Waals surface area contributed by atoms with Crippen LogP contribution in [0.25, 0.3) is 11.0 Å². The number of likely N-dealkylation sites (tertiary alicyclic amines) is 1. The molecule has 3 rings (SSSR count). The van der Waals surface area contributed by atoms with Crippen LogP contribution in [0.5, 0.6) is 0 Å². The van der Waals surface area contributed by atoms with Crippen LogP contribution < -0.4 is 0 Å². The van der Waals surface area contributed by atoms with Gasteiger partial charge < -0.3 is 9.64 Å². The van der Waals surface area contributed by atoms with Crippen molar-refractivity contribution in [2.24, 2.45) is 0 Å². The molecule has 0 radical (unpaired) electrons. The van der Waals surface area contributed by atoms with Gasteiger partial charge >= 0.3 is 6.09 Å². The Balaban J connectivity index is 1.82. The summed E-state index contributed by atoms with van der Waals surface area (Å²) in [6.45, 7) is 6.68. The van der Waals surface area contributed by atoms with E-state index in [1.807, 2.05) is 20.8 Å². The first kappa shape index (κ1) is 17.9. The molecule has 6 nitrogen and oxygen atoms in total. The van der Waals surface area contributed by atoms with Crippen molar-refractivity contribution < 1.29 is 13.9 Å². The third-order valence-corrected chi connectivity index (χ3v) is 4.48. The van der Waals surface area contributed by atoms with Crippen molar-refractivity contribution in [2.45, 2.75) is 58.2 Å². The third-order valence-electron chi connectivity index (χ3n) is 4.19. The molecule has 0 N–H and O–H groups in total. The Bertz CT molecular complexity index is 787. The summed E-state index contributed by atoms with van der Waals surface area (Å²) in [5.74, 6) is -0.519. The second-order valence-corrected chi connectivity index (χ2v) is 7.76. The van der Waals surface area contributed by atoms with E-state index in [1.165, 1.54) is 12.1 Å². The molecule has 1 unspecified atom stereocenters. The van der Waals surface area contributed by atoms with Crippen LogP contribution in [0.2, 0.25) is 5.02 Å². The SMILES string of the molecule is CC(C)(C)OC(=O)N1CCCCC1Cn1nnc2cc(F)c(Cl)cc21. The van der Waals surface area contributed by atoms with Crippen LogP contribution in [0.3, 0.4) is 0 Å². The van der Waals surface area contributed by atoms with Gasteiger partial charge in [-0.25, -0.2) is 13.9 Å². The van der Waals surface area contributed by atoms with Crippen molar-refractivity contribution in [2.75, 3.05) is 6.54 Å². The van der Waals surface area contributed by atoms with Crippen LogP contribution >= 0.6 is 11.6 Å². The van der Waals surface area contributed by atoms with Crippen LogP contribution in [0.1, 0.15) is 40.0 Å². The van der Waals surface area contributed by atoms with Crippen LogP contribution in [0, 0.1) is 5.82 Å². The molecule has 0 spiro atoms. The average molecular weight is 369 g/mol. The van der Waals surface area contributed by atoms with Crippen molar-refractivity contribution in [1.29, 1.82) is 0 Å². The molecule has 0 aliphatic carbocycles. The van der Waals surface area contributed by atoms with Crippen LogP contribution in [0.15, 0.2) is 12.1 Å². The van der Waals surface area contributed by atoms with Crippen molar-refractivity contribution in [3.8, 4) is 0 Å². The minimum absolute atomic E-state index is 0.0312. The summed E-state index contributed by atoms with van der Waals surface area (Å²) in [7, 11) is 0. The molecule has 1 aromatic heterocycles. The predicted molar refractivity (Wildman–Crippen MR) is 93.1 cm³/mol. The van der Waals surface area contributed by atoms with Crippen LogP contribution in [-0.4, -0.2) is 44.2 Å². The van der Waals surface area contributed by atoms with Gasteiger partial charge in [0.2, 0.25) is 0 Å². The third kappa shape index (κ3) is 4.03. The Hall–Kier alpha value is -1.89. The fourth-order valence-corrected chi connectivity index (χ4v) is 3.21. The van der Waals surface area contributed by atoms with Crippen molar-refractivity contribution in [3.05, 3.63) is 23.0 Å². The van der Waals surface area contributed by atoms with E-state index in [1.54, 1.807) is 9.58 Å². The van der Waals surface area contributed by atoms with Gasteiger partial charge in [-0.1, -0.05) is 16.8 Å². The first-order valence-corrected chi connectivity index (χ1v) is 8.80. The van der Waals surface area contributed by atoms with Crippen molar-refractivity contribution in [1.82, 2.24) is 19.9 Å². The van der Waals surface area contributed by atoms with E-state index in [9.17, 15) is 9.18 Å². The maximum Gasteiger partial charge on any atom is 0.410 e. The number of rotatable bonds is 2. The molecule has 1 aliphatic heterocycles. The molecule has 25 heavy (non-hydrogen) atoms. The van der Waals surface area contributed by atoms with Crippen LogP contribution in [0.4, 0.5) is 9.18 Å². The molecule has 136 valence electrons. The lowest BCUT2D eigenvalue weighted by molar-refractivity contribution is 0.00748. The molecule has 0 bridgehead atoms. The monoisotopic (exact) mass is 368 g/mol. The number of aromatic nitrogens is 3. The Morgan fingerprint density at radius 3 is 2.88 bits per heavy atom. The lowest BCUT2D eigenvalue weighted by atomic mass is 10.0. The fourth-order valence-electron chi connectivity index (χ4n) is 3.05. The number of ether oxygens (including phenoxy) is 1. The topological polar surface area (TPSA) is 60.2 Å². The van der Waals surface area contributed by atoms with Gasteiger partial charge in [-0.15, -0.1) is 5.10 Å². The normalized spacial score (nSPS) is 18.6. The molecule has 2 heterocycles. The fraction of sp³-hybridized carbons (Fsp3) is 0.588. The number of benzene rings is 1. The summed E-state index contributed by atoms with van der Waals surface area (Å²) in [6.07, 6.45) is 2.53. The van der Waals surface area contributed by atoms with E-state index in [2.05, 4.69) is 10.3 Å². The molecule has 2 aromatic rings. The van der Waals surface area contributed by atoms with Crippen molar-refractivity contribution in [3.63, 3.8) is 0 Å². The quantitative estimate of drug-likeness (QED) is 0.803. The van der Waals surface area contributed by atoms with E-state index in [4.69, 9.17) is 16.3 Å². The number of fused-ring (bicyclic) bond motifs is 1. The maximum absolute atomic E-state index is 13.6. The first-order chi connectivity index (χ1) is 11.7. The molecule has 0 saturated carbocycles. The lowest BCUT2D eigenvalue weighted by Crippen LogP contribution is -2.48. The van der Waals surface area contributed by atoms with E-state index < -0.39 is 11.4 Å². The average Bonchev–Trinajstić information content (AvgIpc) is 2.89. The Morgan fingerprint density at radius 1 is 1.40 bits per heavy atom. The van der Waals surface area contributed by atoms with Crippen molar-refractivity contribution >= 4 is 28.7 Å². The summed E-state index contributed by atoms with van der Waals surface area (Å²) in [5.41, 5.74) is 0.562. The molecule has 1 amide bonds. The van der Waals surface area contributed by atoms with Gasteiger partial charge in [-0.2, -0.15) is 0 Å². The highest BCUT2D eigenvalue weighted by Gasteiger charge is 2.31. The number of nitrogens with zero attached hydrogens (tertiary/aromatic N) is 4. The molecule has 8 heteroatoms. The molecule has 1 atom stereocenters.